The third-order valence-corrected chi connectivity index (χ3v) is 4.84. The van der Waals surface area contributed by atoms with Gasteiger partial charge in [-0.15, -0.1) is 0 Å². The lowest BCUT2D eigenvalue weighted by atomic mass is 9.99. The molecule has 0 amide bonds. The SMILES string of the molecule is Cc1cccc2[nH]c(-c3cccc4c3-c3ccccc3/C4=N/O)nc12. The second-order valence-corrected chi connectivity index (χ2v) is 6.28. The molecule has 4 heteroatoms. The van der Waals surface area contributed by atoms with E-state index in [1.807, 2.05) is 42.5 Å². The molecule has 25 heavy (non-hydrogen) atoms. The molecule has 0 spiro atoms. The molecule has 1 aromatic heterocycles. The van der Waals surface area contributed by atoms with Gasteiger partial charge in [-0.2, -0.15) is 0 Å². The summed E-state index contributed by atoms with van der Waals surface area (Å²) in [6.07, 6.45) is 0. The van der Waals surface area contributed by atoms with Gasteiger partial charge in [0.1, 0.15) is 11.5 Å². The van der Waals surface area contributed by atoms with Crippen LogP contribution in [0.3, 0.4) is 0 Å². The van der Waals surface area contributed by atoms with Crippen LogP contribution in [0.5, 0.6) is 0 Å². The summed E-state index contributed by atoms with van der Waals surface area (Å²) >= 11 is 0. The molecule has 0 radical (unpaired) electrons. The molecular weight excluding hydrogens is 310 g/mol. The first-order valence-corrected chi connectivity index (χ1v) is 8.19. The van der Waals surface area contributed by atoms with Gasteiger partial charge < -0.3 is 10.2 Å². The number of aryl methyl sites for hydroxylation is 1. The van der Waals surface area contributed by atoms with Crippen LogP contribution in [-0.2, 0) is 0 Å². The Labute approximate surface area is 144 Å². The van der Waals surface area contributed by atoms with Crippen LogP contribution >= 0.6 is 0 Å². The lowest BCUT2D eigenvalue weighted by molar-refractivity contribution is 0.320. The molecule has 1 heterocycles. The number of aromatic amines is 1. The van der Waals surface area contributed by atoms with Crippen LogP contribution in [0, 0.1) is 6.92 Å². The average molecular weight is 325 g/mol. The van der Waals surface area contributed by atoms with Crippen molar-refractivity contribution in [2.45, 2.75) is 6.92 Å². The first-order valence-electron chi connectivity index (χ1n) is 8.19. The van der Waals surface area contributed by atoms with Gasteiger partial charge in [0.25, 0.3) is 0 Å². The second-order valence-electron chi connectivity index (χ2n) is 6.28. The minimum atomic E-state index is 0.611. The molecule has 3 aromatic carbocycles. The maximum Gasteiger partial charge on any atom is 0.139 e. The number of nitrogens with one attached hydrogen (secondary N) is 1. The summed E-state index contributed by atoms with van der Waals surface area (Å²) in [6.45, 7) is 2.06. The van der Waals surface area contributed by atoms with Gasteiger partial charge in [-0.3, -0.25) is 0 Å². The summed E-state index contributed by atoms with van der Waals surface area (Å²) < 4.78 is 0. The van der Waals surface area contributed by atoms with E-state index < -0.39 is 0 Å². The summed E-state index contributed by atoms with van der Waals surface area (Å²) in [5.41, 5.74) is 8.77. The van der Waals surface area contributed by atoms with Gasteiger partial charge in [-0.25, -0.2) is 4.98 Å². The van der Waals surface area contributed by atoms with Crippen molar-refractivity contribution < 1.29 is 5.21 Å². The lowest BCUT2D eigenvalue weighted by Gasteiger charge is -2.06. The molecule has 4 aromatic rings. The standard InChI is InChI=1S/C21H15N3O/c1-12-6-4-11-17-19(12)23-21(22-17)16-10-5-9-15-18(16)13-7-2-3-8-14(13)20(15)24-25/h2-11,25H,1H3,(H,22,23)/b24-20-. The third kappa shape index (κ3) is 1.88. The highest BCUT2D eigenvalue weighted by molar-refractivity contribution is 6.26. The lowest BCUT2D eigenvalue weighted by Crippen LogP contribution is -1.97. The predicted octanol–water partition coefficient (Wildman–Crippen LogP) is 4.75. The highest BCUT2D eigenvalue weighted by Crippen LogP contribution is 2.42. The third-order valence-electron chi connectivity index (χ3n) is 4.84. The van der Waals surface area contributed by atoms with Crippen LogP contribution in [-0.4, -0.2) is 20.9 Å². The number of H-pyrrole nitrogens is 1. The zero-order valence-corrected chi connectivity index (χ0v) is 13.6. The van der Waals surface area contributed by atoms with E-state index in [-0.39, 0.29) is 0 Å². The molecule has 1 aliphatic carbocycles. The number of fused-ring (bicyclic) bond motifs is 4. The Morgan fingerprint density at radius 2 is 1.56 bits per heavy atom. The molecule has 0 aliphatic heterocycles. The Hall–Kier alpha value is -3.40. The number of imidazole rings is 1. The van der Waals surface area contributed by atoms with Gasteiger partial charge in [-0.05, 0) is 24.1 Å². The molecular formula is C21H15N3O. The molecule has 120 valence electrons. The molecule has 0 bridgehead atoms. The first kappa shape index (κ1) is 14.0. The molecule has 5 rings (SSSR count). The van der Waals surface area contributed by atoms with Crippen LogP contribution in [0.4, 0.5) is 0 Å². The zero-order chi connectivity index (χ0) is 17.0. The fourth-order valence-electron chi connectivity index (χ4n) is 3.70. The number of rotatable bonds is 1. The molecule has 4 nitrogen and oxygen atoms in total. The van der Waals surface area contributed by atoms with Gasteiger partial charge in [0.2, 0.25) is 0 Å². The van der Waals surface area contributed by atoms with E-state index in [2.05, 4.69) is 35.3 Å². The minimum Gasteiger partial charge on any atom is -0.410 e. The van der Waals surface area contributed by atoms with Crippen molar-refractivity contribution in [1.29, 1.82) is 0 Å². The van der Waals surface area contributed by atoms with E-state index >= 15 is 0 Å². The Morgan fingerprint density at radius 3 is 2.36 bits per heavy atom. The second kappa shape index (κ2) is 5.05. The quantitative estimate of drug-likeness (QED) is 0.345. The predicted molar refractivity (Wildman–Crippen MR) is 99.1 cm³/mol. The number of hydrogen-bond donors (Lipinski definition) is 2. The largest absolute Gasteiger partial charge is 0.410 e. The highest BCUT2D eigenvalue weighted by Gasteiger charge is 2.28. The van der Waals surface area contributed by atoms with Crippen LogP contribution in [0.1, 0.15) is 16.7 Å². The van der Waals surface area contributed by atoms with Gasteiger partial charge in [0, 0.05) is 22.3 Å². The van der Waals surface area contributed by atoms with Crippen molar-refractivity contribution >= 4 is 16.7 Å². The Bertz CT molecular complexity index is 1170. The number of oxime groups is 1. The molecule has 0 unspecified atom stereocenters. The molecule has 0 fully saturated rings. The van der Waals surface area contributed by atoms with E-state index in [1.54, 1.807) is 0 Å². The normalized spacial score (nSPS) is 14.0. The van der Waals surface area contributed by atoms with Crippen molar-refractivity contribution in [1.82, 2.24) is 9.97 Å². The van der Waals surface area contributed by atoms with Crippen molar-refractivity contribution in [2.75, 3.05) is 0 Å². The first-order chi connectivity index (χ1) is 12.3. The number of aromatic nitrogens is 2. The van der Waals surface area contributed by atoms with Crippen molar-refractivity contribution in [3.8, 4) is 22.5 Å². The van der Waals surface area contributed by atoms with Crippen LogP contribution in [0.25, 0.3) is 33.5 Å². The van der Waals surface area contributed by atoms with E-state index in [0.717, 1.165) is 50.2 Å². The molecule has 2 N–H and O–H groups in total. The Kier molecular flexibility index (Phi) is 2.82. The van der Waals surface area contributed by atoms with E-state index in [4.69, 9.17) is 4.98 Å². The Balaban J connectivity index is 1.83. The van der Waals surface area contributed by atoms with Gasteiger partial charge in [0.15, 0.2) is 0 Å². The monoisotopic (exact) mass is 325 g/mol. The van der Waals surface area contributed by atoms with E-state index in [0.29, 0.717) is 5.71 Å². The number of para-hydroxylation sites is 1. The average Bonchev–Trinajstić information content (AvgIpc) is 3.21. The fourth-order valence-corrected chi connectivity index (χ4v) is 3.70. The van der Waals surface area contributed by atoms with Crippen molar-refractivity contribution in [3.63, 3.8) is 0 Å². The Morgan fingerprint density at radius 1 is 0.840 bits per heavy atom. The summed E-state index contributed by atoms with van der Waals surface area (Å²) in [5, 5.41) is 13.1. The maximum absolute atomic E-state index is 9.54. The van der Waals surface area contributed by atoms with Crippen molar-refractivity contribution in [3.05, 3.63) is 77.4 Å². The van der Waals surface area contributed by atoms with Crippen LogP contribution in [0.2, 0.25) is 0 Å². The molecule has 0 saturated heterocycles. The summed E-state index contributed by atoms with van der Waals surface area (Å²) in [6, 6.07) is 20.2. The topological polar surface area (TPSA) is 61.3 Å². The van der Waals surface area contributed by atoms with Gasteiger partial charge >= 0.3 is 0 Å². The zero-order valence-electron chi connectivity index (χ0n) is 13.6. The van der Waals surface area contributed by atoms with Crippen LogP contribution in [0.15, 0.2) is 65.8 Å². The molecule has 1 aliphatic rings. The number of nitrogens with zero attached hydrogens (tertiary/aromatic N) is 2. The number of benzene rings is 3. The summed E-state index contributed by atoms with van der Waals surface area (Å²) in [7, 11) is 0. The van der Waals surface area contributed by atoms with Gasteiger partial charge in [-0.1, -0.05) is 59.8 Å². The van der Waals surface area contributed by atoms with Gasteiger partial charge in [0.05, 0.1) is 11.0 Å². The maximum atomic E-state index is 9.54. The highest BCUT2D eigenvalue weighted by atomic mass is 16.4. The van der Waals surface area contributed by atoms with Crippen LogP contribution < -0.4 is 0 Å². The van der Waals surface area contributed by atoms with E-state index in [9.17, 15) is 5.21 Å². The minimum absolute atomic E-state index is 0.611. The fraction of sp³-hybridized carbons (Fsp3) is 0.0476. The smallest absolute Gasteiger partial charge is 0.139 e. The molecule has 0 saturated carbocycles. The number of hydrogen-bond acceptors (Lipinski definition) is 3. The summed E-state index contributed by atoms with van der Waals surface area (Å²) in [5.74, 6) is 0.829. The van der Waals surface area contributed by atoms with Crippen molar-refractivity contribution in [2.24, 2.45) is 5.16 Å². The summed E-state index contributed by atoms with van der Waals surface area (Å²) in [4.78, 5) is 8.26. The molecule has 0 atom stereocenters. The van der Waals surface area contributed by atoms with E-state index in [1.165, 1.54) is 0 Å².